The number of aromatic nitrogens is 2. The van der Waals surface area contributed by atoms with E-state index in [-0.39, 0.29) is 57.1 Å². The summed E-state index contributed by atoms with van der Waals surface area (Å²) in [4.78, 5) is 17.9. The van der Waals surface area contributed by atoms with E-state index in [1.165, 1.54) is 20.4 Å². The summed E-state index contributed by atoms with van der Waals surface area (Å²) >= 11 is 0. The number of methoxy groups -OCH3 is 2. The molecule has 0 bridgehead atoms. The van der Waals surface area contributed by atoms with E-state index in [4.69, 9.17) is 9.47 Å². The molecule has 0 aliphatic heterocycles. The molecule has 6 nitrogen and oxygen atoms in total. The van der Waals surface area contributed by atoms with Crippen LogP contribution in [0.4, 0.5) is 0 Å². The van der Waals surface area contributed by atoms with Crippen molar-refractivity contribution in [3.05, 3.63) is 23.8 Å². The molecule has 0 N–H and O–H groups in total. The fourth-order valence-electron chi connectivity index (χ4n) is 0.999. The maximum atomic E-state index is 10.4. The van der Waals surface area contributed by atoms with E-state index in [0.29, 0.717) is 12.1 Å². The topological polar surface area (TPSA) is 84.4 Å². The molecule has 1 rings (SSSR count). The predicted octanol–water partition coefficient (Wildman–Crippen LogP) is -3.99. The molecule has 0 aliphatic carbocycles. The van der Waals surface area contributed by atoms with Crippen LogP contribution in [0.1, 0.15) is 16.2 Å². The summed E-state index contributed by atoms with van der Waals surface area (Å²) in [6, 6.07) is 0. The fourth-order valence-corrected chi connectivity index (χ4v) is 0.999. The number of rotatable bonds is 5. The summed E-state index contributed by atoms with van der Waals surface area (Å²) in [5.74, 6) is -1.34. The third-order valence-electron chi connectivity index (χ3n) is 1.82. The Kier molecular flexibility index (Phi) is 8.29. The molecule has 0 atom stereocenters. The number of aromatic carboxylic acids is 1. The molecule has 1 aromatic heterocycles. The van der Waals surface area contributed by atoms with Crippen molar-refractivity contribution < 1.29 is 70.8 Å². The molecule has 1 aromatic rings. The van der Waals surface area contributed by atoms with Gasteiger partial charge in [0, 0.05) is 26.8 Å². The monoisotopic (exact) mass is 250 g/mol. The first-order chi connectivity index (χ1) is 7.17. The van der Waals surface area contributed by atoms with Crippen LogP contribution in [-0.2, 0) is 15.9 Å². The molecule has 0 fully saturated rings. The third kappa shape index (κ3) is 4.96. The average Bonchev–Trinajstić information content (AvgIpc) is 2.26. The van der Waals surface area contributed by atoms with Crippen LogP contribution in [-0.4, -0.2) is 36.4 Å². The maximum Gasteiger partial charge on any atom is 1.00 e. The molecular weight excluding hydrogens is 239 g/mol. The number of hydrogen-bond donors (Lipinski definition) is 0. The Balaban J connectivity index is 0.00000225. The maximum absolute atomic E-state index is 10.4. The first-order valence-electron chi connectivity index (χ1n) is 4.25. The Bertz CT molecular complexity index is 327. The van der Waals surface area contributed by atoms with Crippen LogP contribution < -0.4 is 56.5 Å². The number of carbonyl (C=O) groups excluding carboxylic acids is 1. The Morgan fingerprint density at radius 2 is 2.00 bits per heavy atom. The minimum Gasteiger partial charge on any atom is -0.543 e. The van der Waals surface area contributed by atoms with Crippen molar-refractivity contribution >= 4 is 5.97 Å². The fraction of sp³-hybridized carbons (Fsp3) is 0.444. The van der Waals surface area contributed by atoms with Crippen molar-refractivity contribution in [2.75, 3.05) is 14.2 Å². The van der Waals surface area contributed by atoms with Gasteiger partial charge in [-0.05, 0) is 0 Å². The van der Waals surface area contributed by atoms with Gasteiger partial charge in [0.2, 0.25) is 0 Å². The van der Waals surface area contributed by atoms with Crippen molar-refractivity contribution in [3.8, 4) is 0 Å². The predicted molar refractivity (Wildman–Crippen MR) is 47.9 cm³/mol. The minimum absolute atomic E-state index is 0. The quantitative estimate of drug-likeness (QED) is 0.391. The molecule has 0 unspecified atom stereocenters. The van der Waals surface area contributed by atoms with Gasteiger partial charge in [0.1, 0.15) is 5.69 Å². The van der Waals surface area contributed by atoms with E-state index in [0.717, 1.165) is 6.20 Å². The number of hydrogen-bond acceptors (Lipinski definition) is 6. The van der Waals surface area contributed by atoms with E-state index in [9.17, 15) is 9.90 Å². The van der Waals surface area contributed by atoms with Crippen molar-refractivity contribution in [2.45, 2.75) is 12.7 Å². The van der Waals surface area contributed by atoms with Gasteiger partial charge in [0.05, 0.1) is 17.9 Å². The normalized spacial score (nSPS) is 9.94. The Hall–Kier alpha value is 0.106. The van der Waals surface area contributed by atoms with Gasteiger partial charge in [-0.3, -0.25) is 9.97 Å². The van der Waals surface area contributed by atoms with Crippen molar-refractivity contribution in [1.82, 2.24) is 9.97 Å². The van der Waals surface area contributed by atoms with Crippen LogP contribution in [0.2, 0.25) is 0 Å². The van der Waals surface area contributed by atoms with Crippen molar-refractivity contribution in [1.29, 1.82) is 0 Å². The Morgan fingerprint density at radius 1 is 1.38 bits per heavy atom. The van der Waals surface area contributed by atoms with E-state index < -0.39 is 12.3 Å². The minimum atomic E-state index is -1.34. The zero-order valence-corrected chi connectivity index (χ0v) is 12.6. The second kappa shape index (κ2) is 8.23. The summed E-state index contributed by atoms with van der Waals surface area (Å²) in [5.41, 5.74) is 0.402. The van der Waals surface area contributed by atoms with Crippen LogP contribution in [0.5, 0.6) is 0 Å². The summed E-state index contributed by atoms with van der Waals surface area (Å²) in [6.45, 7) is 0. The average molecular weight is 250 g/mol. The van der Waals surface area contributed by atoms with Gasteiger partial charge in [0.15, 0.2) is 6.29 Å². The molecule has 7 heteroatoms. The van der Waals surface area contributed by atoms with Crippen LogP contribution >= 0.6 is 0 Å². The molecule has 16 heavy (non-hydrogen) atoms. The number of ether oxygens (including phenoxy) is 2. The van der Waals surface area contributed by atoms with Gasteiger partial charge in [0.25, 0.3) is 0 Å². The summed E-state index contributed by atoms with van der Waals surface area (Å²) in [7, 11) is 3.02. The van der Waals surface area contributed by atoms with Gasteiger partial charge in [-0.1, -0.05) is 0 Å². The molecule has 82 valence electrons. The van der Waals surface area contributed by atoms with Crippen LogP contribution in [0.15, 0.2) is 12.4 Å². The van der Waals surface area contributed by atoms with Gasteiger partial charge < -0.3 is 19.4 Å². The zero-order chi connectivity index (χ0) is 11.3. The summed E-state index contributed by atoms with van der Waals surface area (Å²) < 4.78 is 9.92. The van der Waals surface area contributed by atoms with Crippen LogP contribution in [0.25, 0.3) is 0 Å². The van der Waals surface area contributed by atoms with E-state index in [2.05, 4.69) is 9.97 Å². The van der Waals surface area contributed by atoms with E-state index >= 15 is 0 Å². The molecule has 0 saturated carbocycles. The van der Waals surface area contributed by atoms with E-state index in [1.807, 2.05) is 0 Å². The number of carboxylic acids is 1. The third-order valence-corrected chi connectivity index (χ3v) is 1.82. The molecule has 0 aromatic carbocycles. The molecule has 0 aliphatic rings. The van der Waals surface area contributed by atoms with Gasteiger partial charge in [-0.15, -0.1) is 0 Å². The van der Waals surface area contributed by atoms with Crippen LogP contribution in [0, 0.1) is 0 Å². The number of nitrogens with zero attached hydrogens (tertiary/aromatic N) is 2. The molecule has 0 radical (unpaired) electrons. The largest absolute Gasteiger partial charge is 1.00 e. The van der Waals surface area contributed by atoms with Gasteiger partial charge in [-0.2, -0.15) is 0 Å². The second-order valence-electron chi connectivity index (χ2n) is 2.79. The Morgan fingerprint density at radius 3 is 2.38 bits per heavy atom. The molecular formula is C9H11KN2O4. The van der Waals surface area contributed by atoms with Crippen molar-refractivity contribution in [3.63, 3.8) is 0 Å². The summed E-state index contributed by atoms with van der Waals surface area (Å²) in [5, 5.41) is 10.4. The second-order valence-corrected chi connectivity index (χ2v) is 2.79. The molecule has 0 spiro atoms. The Labute approximate surface area is 136 Å². The first-order valence-corrected chi connectivity index (χ1v) is 4.25. The van der Waals surface area contributed by atoms with Crippen LogP contribution in [0.3, 0.4) is 0 Å². The molecule has 1 heterocycles. The molecule has 0 amide bonds. The first kappa shape index (κ1) is 16.1. The number of carboxylic acid groups (broad SMARTS) is 1. The SMILES string of the molecule is COC(Cc1cnc(C(=O)[O-])cn1)OC.[K+]. The zero-order valence-electron chi connectivity index (χ0n) is 9.47. The summed E-state index contributed by atoms with van der Waals surface area (Å²) in [6.07, 6.45) is 2.50. The number of carbonyl (C=O) groups is 1. The van der Waals surface area contributed by atoms with Crippen molar-refractivity contribution in [2.24, 2.45) is 0 Å². The van der Waals surface area contributed by atoms with E-state index in [1.54, 1.807) is 0 Å². The van der Waals surface area contributed by atoms with Gasteiger partial charge in [-0.25, -0.2) is 0 Å². The standard InChI is InChI=1S/C9H12N2O4.K/c1-14-8(15-2)3-6-4-11-7(5-10-6)9(12)13;/h4-5,8H,3H2,1-2H3,(H,12,13);/q;+1/p-1. The van der Waals surface area contributed by atoms with Gasteiger partial charge >= 0.3 is 51.4 Å². The molecule has 0 saturated heterocycles. The smallest absolute Gasteiger partial charge is 0.543 e.